The van der Waals surface area contributed by atoms with Crippen LogP contribution in [0.1, 0.15) is 35.1 Å². The smallest absolute Gasteiger partial charge is 0.324 e. The predicted octanol–water partition coefficient (Wildman–Crippen LogP) is 5.89. The van der Waals surface area contributed by atoms with Gasteiger partial charge in [-0.05, 0) is 66.5 Å². The summed E-state index contributed by atoms with van der Waals surface area (Å²) < 4.78 is 0. The molecule has 3 aromatic rings. The number of urea groups is 1. The SMILES string of the molecule is Cc1cc(N(CCC#N)CCC#N)ccc1C=C(NC(=O)C=Cc1ccccc1)NC(=O)Nc1ccccc1C. The van der Waals surface area contributed by atoms with Crippen LogP contribution in [0, 0.1) is 36.5 Å². The van der Waals surface area contributed by atoms with Crippen molar-refractivity contribution in [2.75, 3.05) is 23.3 Å². The number of rotatable bonds is 11. The predicted molar refractivity (Wildman–Crippen MR) is 159 cm³/mol. The van der Waals surface area contributed by atoms with Crippen LogP contribution in [0.2, 0.25) is 0 Å². The van der Waals surface area contributed by atoms with Crippen LogP contribution in [0.3, 0.4) is 0 Å². The topological polar surface area (TPSA) is 121 Å². The Bertz CT molecular complexity index is 1450. The van der Waals surface area contributed by atoms with Crippen molar-refractivity contribution < 1.29 is 9.59 Å². The van der Waals surface area contributed by atoms with Gasteiger partial charge in [0.1, 0.15) is 5.82 Å². The van der Waals surface area contributed by atoms with E-state index >= 15 is 0 Å². The highest BCUT2D eigenvalue weighted by molar-refractivity contribution is 5.96. The van der Waals surface area contributed by atoms with Gasteiger partial charge in [0, 0.05) is 30.5 Å². The van der Waals surface area contributed by atoms with E-state index < -0.39 is 11.9 Å². The number of benzene rings is 3. The fourth-order valence-corrected chi connectivity index (χ4v) is 3.92. The van der Waals surface area contributed by atoms with Gasteiger partial charge in [0.05, 0.1) is 25.0 Å². The lowest BCUT2D eigenvalue weighted by Crippen LogP contribution is -2.36. The van der Waals surface area contributed by atoms with E-state index in [1.165, 1.54) is 6.08 Å². The number of aryl methyl sites for hydroxylation is 2. The Morgan fingerprint density at radius 2 is 1.52 bits per heavy atom. The highest BCUT2D eigenvalue weighted by atomic mass is 16.2. The number of para-hydroxylation sites is 1. The summed E-state index contributed by atoms with van der Waals surface area (Å²) in [5.74, 6) is -0.199. The van der Waals surface area contributed by atoms with Crippen molar-refractivity contribution in [1.29, 1.82) is 10.5 Å². The zero-order valence-electron chi connectivity index (χ0n) is 22.6. The van der Waals surface area contributed by atoms with E-state index in [9.17, 15) is 9.59 Å². The molecule has 0 aliphatic carbocycles. The summed E-state index contributed by atoms with van der Waals surface area (Å²) in [6.45, 7) is 4.85. The summed E-state index contributed by atoms with van der Waals surface area (Å²) in [6.07, 6.45) is 5.48. The van der Waals surface area contributed by atoms with Gasteiger partial charge in [-0.2, -0.15) is 10.5 Å². The zero-order valence-corrected chi connectivity index (χ0v) is 22.6. The molecule has 0 bridgehead atoms. The molecule has 8 heteroatoms. The number of carbonyl (C=O) groups excluding carboxylic acids is 2. The first kappa shape index (κ1) is 29.2. The Hall–Kier alpha value is -5.34. The van der Waals surface area contributed by atoms with Gasteiger partial charge in [-0.1, -0.05) is 54.6 Å². The molecule has 0 heterocycles. The molecule has 3 N–H and O–H groups in total. The standard InChI is InChI=1S/C32H32N6O2/c1-24-10-6-7-13-29(24)35-32(40)37-30(36-31(39)17-14-26-11-4-3-5-12-26)23-27-15-16-28(22-25(27)2)38(20-8-18-33)21-9-19-34/h3-7,10-17,22-23H,8-9,20-21H2,1-2H3,(H,36,39)(H2,35,37,40). The van der Waals surface area contributed by atoms with Crippen LogP contribution >= 0.6 is 0 Å². The minimum Gasteiger partial charge on any atom is -0.369 e. The van der Waals surface area contributed by atoms with E-state index in [1.54, 1.807) is 18.2 Å². The Morgan fingerprint density at radius 1 is 0.850 bits per heavy atom. The number of nitrogens with zero attached hydrogens (tertiary/aromatic N) is 3. The number of carbonyl (C=O) groups is 2. The van der Waals surface area contributed by atoms with Crippen LogP contribution in [-0.2, 0) is 4.79 Å². The molecule has 3 rings (SSSR count). The third kappa shape index (κ3) is 9.20. The van der Waals surface area contributed by atoms with Crippen molar-refractivity contribution in [3.63, 3.8) is 0 Å². The van der Waals surface area contributed by atoms with Gasteiger partial charge in [-0.3, -0.25) is 10.1 Å². The van der Waals surface area contributed by atoms with Crippen LogP contribution in [0.5, 0.6) is 0 Å². The van der Waals surface area contributed by atoms with Crippen LogP contribution in [0.25, 0.3) is 12.2 Å². The summed E-state index contributed by atoms with van der Waals surface area (Å²) >= 11 is 0. The van der Waals surface area contributed by atoms with Crippen molar-refractivity contribution >= 4 is 35.5 Å². The maximum absolute atomic E-state index is 12.9. The molecule has 0 aromatic heterocycles. The Labute approximate surface area is 235 Å². The fraction of sp³-hybridized carbons (Fsp3) is 0.188. The van der Waals surface area contributed by atoms with E-state index in [4.69, 9.17) is 10.5 Å². The monoisotopic (exact) mass is 532 g/mol. The zero-order chi connectivity index (χ0) is 28.7. The van der Waals surface area contributed by atoms with E-state index in [0.717, 1.165) is 27.9 Å². The molecule has 0 atom stereocenters. The number of nitriles is 2. The molecule has 40 heavy (non-hydrogen) atoms. The first-order chi connectivity index (χ1) is 19.4. The molecule has 202 valence electrons. The second-order valence-corrected chi connectivity index (χ2v) is 9.03. The van der Waals surface area contributed by atoms with Crippen molar-refractivity contribution in [1.82, 2.24) is 10.6 Å². The van der Waals surface area contributed by atoms with Gasteiger partial charge < -0.3 is 15.5 Å². The molecule has 0 spiro atoms. The summed E-state index contributed by atoms with van der Waals surface area (Å²) in [7, 11) is 0. The Kier molecular flexibility index (Phi) is 11.1. The third-order valence-corrected chi connectivity index (χ3v) is 6.03. The molecule has 0 radical (unpaired) electrons. The average Bonchev–Trinajstić information content (AvgIpc) is 2.95. The van der Waals surface area contributed by atoms with Gasteiger partial charge in [0.2, 0.25) is 5.91 Å². The number of hydrogen-bond donors (Lipinski definition) is 3. The highest BCUT2D eigenvalue weighted by Crippen LogP contribution is 2.22. The molecule has 0 saturated heterocycles. The molecule has 0 unspecified atom stereocenters. The summed E-state index contributed by atoms with van der Waals surface area (Å²) in [6, 6.07) is 26.4. The molecule has 3 amide bonds. The quantitative estimate of drug-likeness (QED) is 0.266. The summed E-state index contributed by atoms with van der Waals surface area (Å²) in [5.41, 5.74) is 5.00. The molecule has 8 nitrogen and oxygen atoms in total. The Morgan fingerprint density at radius 3 is 2.17 bits per heavy atom. The van der Waals surface area contributed by atoms with Crippen molar-refractivity contribution in [2.45, 2.75) is 26.7 Å². The molecule has 0 aliphatic rings. The largest absolute Gasteiger partial charge is 0.369 e. The van der Waals surface area contributed by atoms with E-state index in [1.807, 2.05) is 85.5 Å². The minimum atomic E-state index is -0.499. The number of amides is 3. The maximum atomic E-state index is 12.9. The van der Waals surface area contributed by atoms with Crippen molar-refractivity contribution in [2.24, 2.45) is 0 Å². The van der Waals surface area contributed by atoms with Crippen LogP contribution in [-0.4, -0.2) is 25.0 Å². The van der Waals surface area contributed by atoms with Gasteiger partial charge in [0.15, 0.2) is 0 Å². The molecule has 0 aliphatic heterocycles. The van der Waals surface area contributed by atoms with Gasteiger partial charge in [-0.25, -0.2) is 4.79 Å². The normalized spacial score (nSPS) is 10.8. The lowest BCUT2D eigenvalue weighted by molar-refractivity contribution is -0.115. The molecule has 3 aromatic carbocycles. The summed E-state index contributed by atoms with van der Waals surface area (Å²) in [4.78, 5) is 27.6. The molecule has 0 saturated carbocycles. The minimum absolute atomic E-state index is 0.204. The van der Waals surface area contributed by atoms with Gasteiger partial charge in [0.25, 0.3) is 0 Å². The third-order valence-electron chi connectivity index (χ3n) is 6.03. The number of hydrogen-bond acceptors (Lipinski definition) is 5. The van der Waals surface area contributed by atoms with Gasteiger partial charge in [-0.15, -0.1) is 0 Å². The van der Waals surface area contributed by atoms with E-state index in [-0.39, 0.29) is 5.82 Å². The lowest BCUT2D eigenvalue weighted by Gasteiger charge is -2.23. The van der Waals surface area contributed by atoms with Crippen LogP contribution in [0.4, 0.5) is 16.2 Å². The molecular formula is C32H32N6O2. The number of nitrogens with one attached hydrogen (secondary N) is 3. The second-order valence-electron chi connectivity index (χ2n) is 9.03. The fourth-order valence-electron chi connectivity index (χ4n) is 3.92. The van der Waals surface area contributed by atoms with Crippen molar-refractivity contribution in [3.05, 3.63) is 107 Å². The van der Waals surface area contributed by atoms with Crippen LogP contribution in [0.15, 0.2) is 84.7 Å². The van der Waals surface area contributed by atoms with E-state index in [2.05, 4.69) is 28.1 Å². The molecular weight excluding hydrogens is 500 g/mol. The second kappa shape index (κ2) is 15.2. The lowest BCUT2D eigenvalue weighted by atomic mass is 10.1. The maximum Gasteiger partial charge on any atom is 0.324 e. The van der Waals surface area contributed by atoms with Crippen LogP contribution < -0.4 is 20.9 Å². The Balaban J connectivity index is 1.85. The molecule has 0 fully saturated rings. The first-order valence-corrected chi connectivity index (χ1v) is 12.9. The van der Waals surface area contributed by atoms with Gasteiger partial charge >= 0.3 is 6.03 Å². The van der Waals surface area contributed by atoms with Crippen molar-refractivity contribution in [3.8, 4) is 12.1 Å². The average molecular weight is 533 g/mol. The first-order valence-electron chi connectivity index (χ1n) is 12.9. The highest BCUT2D eigenvalue weighted by Gasteiger charge is 2.12. The summed E-state index contributed by atoms with van der Waals surface area (Å²) in [5, 5.41) is 26.4. The number of anilines is 2. The van der Waals surface area contributed by atoms with E-state index in [0.29, 0.717) is 31.6 Å².